The van der Waals surface area contributed by atoms with Crippen LogP contribution in [-0.4, -0.2) is 38.3 Å². The molecule has 0 atom stereocenters. The number of nitrogens with zero attached hydrogens (tertiary/aromatic N) is 1. The first kappa shape index (κ1) is 20.6. The van der Waals surface area contributed by atoms with Gasteiger partial charge in [0.25, 0.3) is 5.91 Å². The summed E-state index contributed by atoms with van der Waals surface area (Å²) < 4.78 is 27.2. The summed E-state index contributed by atoms with van der Waals surface area (Å²) in [6.45, 7) is 3.70. The van der Waals surface area contributed by atoms with E-state index >= 15 is 0 Å². The Labute approximate surface area is 167 Å². The molecule has 1 N–H and O–H groups in total. The van der Waals surface area contributed by atoms with Crippen molar-refractivity contribution < 1.29 is 13.2 Å². The summed E-state index contributed by atoms with van der Waals surface area (Å²) in [6.07, 6.45) is 4.70. The summed E-state index contributed by atoms with van der Waals surface area (Å²) in [7, 11) is -3.41. The van der Waals surface area contributed by atoms with E-state index < -0.39 is 10.0 Å². The second-order valence-corrected chi connectivity index (χ2v) is 9.27. The lowest BCUT2D eigenvalue weighted by molar-refractivity contribution is 0.0954. The third-order valence-electron chi connectivity index (χ3n) is 5.14. The zero-order valence-electron chi connectivity index (χ0n) is 16.4. The molecule has 2 aromatic rings. The number of sulfonamides is 1. The first-order valence-electron chi connectivity index (χ1n) is 9.91. The Morgan fingerprint density at radius 2 is 1.54 bits per heavy atom. The molecule has 3 rings (SSSR count). The van der Waals surface area contributed by atoms with Gasteiger partial charge in [0, 0.05) is 25.2 Å². The van der Waals surface area contributed by atoms with Crippen LogP contribution >= 0.6 is 0 Å². The molecule has 0 radical (unpaired) electrons. The van der Waals surface area contributed by atoms with E-state index in [9.17, 15) is 13.2 Å². The van der Waals surface area contributed by atoms with Gasteiger partial charge in [-0.05, 0) is 56.0 Å². The van der Waals surface area contributed by atoms with Crippen LogP contribution in [-0.2, 0) is 16.4 Å². The standard InChI is InChI=1S/C22H28N2O3S/c1-18-6-10-20(11-7-18)22(25)23-15-14-19-8-12-21(13-9-19)28(26,27)24-16-4-2-3-5-17-24/h6-13H,2-5,14-17H2,1H3,(H,23,25). The van der Waals surface area contributed by atoms with Crippen molar-refractivity contribution in [3.05, 3.63) is 65.2 Å². The Morgan fingerprint density at radius 3 is 2.14 bits per heavy atom. The van der Waals surface area contributed by atoms with Crippen LogP contribution in [0, 0.1) is 6.92 Å². The summed E-state index contributed by atoms with van der Waals surface area (Å²) in [6, 6.07) is 14.5. The van der Waals surface area contributed by atoms with E-state index in [2.05, 4.69) is 5.32 Å². The Balaban J connectivity index is 1.55. The molecule has 0 bridgehead atoms. The Hall–Kier alpha value is -2.18. The Morgan fingerprint density at radius 1 is 0.929 bits per heavy atom. The van der Waals surface area contributed by atoms with Crippen molar-refractivity contribution >= 4 is 15.9 Å². The summed E-state index contributed by atoms with van der Waals surface area (Å²) in [4.78, 5) is 12.5. The molecule has 5 nitrogen and oxygen atoms in total. The molecule has 0 aromatic heterocycles. The molecule has 1 aliphatic rings. The van der Waals surface area contributed by atoms with Crippen LogP contribution in [0.3, 0.4) is 0 Å². The van der Waals surface area contributed by atoms with E-state index in [0.29, 0.717) is 36.5 Å². The van der Waals surface area contributed by atoms with Crippen LogP contribution < -0.4 is 5.32 Å². The number of nitrogens with one attached hydrogen (secondary N) is 1. The minimum Gasteiger partial charge on any atom is -0.352 e. The third-order valence-corrected chi connectivity index (χ3v) is 7.05. The number of amides is 1. The number of hydrogen-bond acceptors (Lipinski definition) is 3. The average Bonchev–Trinajstić information content (AvgIpc) is 2.99. The minimum atomic E-state index is -3.41. The van der Waals surface area contributed by atoms with Gasteiger partial charge in [-0.3, -0.25) is 4.79 Å². The molecule has 28 heavy (non-hydrogen) atoms. The molecule has 1 aliphatic heterocycles. The van der Waals surface area contributed by atoms with Gasteiger partial charge in [0.15, 0.2) is 0 Å². The fourth-order valence-corrected chi connectivity index (χ4v) is 4.90. The highest BCUT2D eigenvalue weighted by molar-refractivity contribution is 7.89. The number of carbonyl (C=O) groups excluding carboxylic acids is 1. The second kappa shape index (κ2) is 9.34. The molecule has 0 unspecified atom stereocenters. The fourth-order valence-electron chi connectivity index (χ4n) is 3.39. The quantitative estimate of drug-likeness (QED) is 0.807. The first-order chi connectivity index (χ1) is 13.5. The fraction of sp³-hybridized carbons (Fsp3) is 0.409. The maximum Gasteiger partial charge on any atom is 0.251 e. The van der Waals surface area contributed by atoms with Gasteiger partial charge in [0.2, 0.25) is 10.0 Å². The van der Waals surface area contributed by atoms with Crippen LogP contribution in [0.4, 0.5) is 0 Å². The first-order valence-corrected chi connectivity index (χ1v) is 11.3. The van der Waals surface area contributed by atoms with Crippen molar-refractivity contribution in [2.45, 2.75) is 43.9 Å². The molecule has 0 aliphatic carbocycles. The Bertz CT molecular complexity index is 882. The molecule has 2 aromatic carbocycles. The summed E-state index contributed by atoms with van der Waals surface area (Å²) in [5.74, 6) is -0.0969. The molecular formula is C22H28N2O3S. The maximum absolute atomic E-state index is 12.8. The molecule has 0 saturated carbocycles. The lowest BCUT2D eigenvalue weighted by Gasteiger charge is -2.20. The highest BCUT2D eigenvalue weighted by Gasteiger charge is 2.24. The molecule has 0 spiro atoms. The monoisotopic (exact) mass is 400 g/mol. The lowest BCUT2D eigenvalue weighted by Crippen LogP contribution is -2.31. The van der Waals surface area contributed by atoms with E-state index in [1.165, 1.54) is 0 Å². The number of carbonyl (C=O) groups is 1. The molecule has 1 saturated heterocycles. The SMILES string of the molecule is Cc1ccc(C(=O)NCCc2ccc(S(=O)(=O)N3CCCCCC3)cc2)cc1. The van der Waals surface area contributed by atoms with Crippen molar-refractivity contribution in [3.8, 4) is 0 Å². The van der Waals surface area contributed by atoms with Crippen molar-refractivity contribution in [2.24, 2.45) is 0 Å². The third kappa shape index (κ3) is 5.20. The van der Waals surface area contributed by atoms with Crippen LogP contribution in [0.2, 0.25) is 0 Å². The van der Waals surface area contributed by atoms with Gasteiger partial charge in [-0.15, -0.1) is 0 Å². The highest BCUT2D eigenvalue weighted by atomic mass is 32.2. The average molecular weight is 401 g/mol. The van der Waals surface area contributed by atoms with E-state index in [4.69, 9.17) is 0 Å². The topological polar surface area (TPSA) is 66.5 Å². The predicted molar refractivity (Wildman–Crippen MR) is 111 cm³/mol. The van der Waals surface area contributed by atoms with E-state index in [1.54, 1.807) is 16.4 Å². The van der Waals surface area contributed by atoms with Crippen LogP contribution in [0.5, 0.6) is 0 Å². The van der Waals surface area contributed by atoms with Crippen molar-refractivity contribution in [2.75, 3.05) is 19.6 Å². The zero-order valence-corrected chi connectivity index (χ0v) is 17.2. The smallest absolute Gasteiger partial charge is 0.251 e. The number of rotatable bonds is 6. The van der Waals surface area contributed by atoms with Crippen molar-refractivity contribution in [1.82, 2.24) is 9.62 Å². The van der Waals surface area contributed by atoms with E-state index in [0.717, 1.165) is 36.8 Å². The summed E-state index contributed by atoms with van der Waals surface area (Å²) in [5, 5.41) is 2.90. The van der Waals surface area contributed by atoms with E-state index in [1.807, 2.05) is 43.3 Å². The van der Waals surface area contributed by atoms with Crippen LogP contribution in [0.1, 0.15) is 47.2 Å². The molecule has 1 heterocycles. The zero-order chi connectivity index (χ0) is 20.0. The van der Waals surface area contributed by atoms with Gasteiger partial charge in [-0.25, -0.2) is 8.42 Å². The second-order valence-electron chi connectivity index (χ2n) is 7.33. The Kier molecular flexibility index (Phi) is 6.86. The maximum atomic E-state index is 12.8. The molecule has 1 fully saturated rings. The molecule has 150 valence electrons. The molecule has 1 amide bonds. The highest BCUT2D eigenvalue weighted by Crippen LogP contribution is 2.20. The number of benzene rings is 2. The van der Waals surface area contributed by atoms with Gasteiger partial charge in [0.1, 0.15) is 0 Å². The largest absolute Gasteiger partial charge is 0.352 e. The molecular weight excluding hydrogens is 372 g/mol. The van der Waals surface area contributed by atoms with E-state index in [-0.39, 0.29) is 5.91 Å². The van der Waals surface area contributed by atoms with Crippen LogP contribution in [0.15, 0.2) is 53.4 Å². The number of hydrogen-bond donors (Lipinski definition) is 1. The van der Waals surface area contributed by atoms with Crippen molar-refractivity contribution in [1.29, 1.82) is 0 Å². The number of aryl methyl sites for hydroxylation is 1. The van der Waals surface area contributed by atoms with Gasteiger partial charge in [0.05, 0.1) is 4.90 Å². The van der Waals surface area contributed by atoms with Gasteiger partial charge < -0.3 is 5.32 Å². The van der Waals surface area contributed by atoms with Gasteiger partial charge in [-0.2, -0.15) is 4.31 Å². The van der Waals surface area contributed by atoms with Gasteiger partial charge in [-0.1, -0.05) is 42.7 Å². The minimum absolute atomic E-state index is 0.0969. The lowest BCUT2D eigenvalue weighted by atomic mass is 10.1. The van der Waals surface area contributed by atoms with Crippen molar-refractivity contribution in [3.63, 3.8) is 0 Å². The van der Waals surface area contributed by atoms with Crippen LogP contribution in [0.25, 0.3) is 0 Å². The summed E-state index contributed by atoms with van der Waals surface area (Å²) >= 11 is 0. The van der Waals surface area contributed by atoms with Gasteiger partial charge >= 0.3 is 0 Å². The molecule has 6 heteroatoms. The summed E-state index contributed by atoms with van der Waals surface area (Å²) in [5.41, 5.74) is 2.76. The normalized spacial score (nSPS) is 15.8. The predicted octanol–water partition coefficient (Wildman–Crippen LogP) is 3.53.